The van der Waals surface area contributed by atoms with Crippen molar-refractivity contribution in [2.45, 2.75) is 33.1 Å². The summed E-state index contributed by atoms with van der Waals surface area (Å²) in [7, 11) is 0. The Kier molecular flexibility index (Phi) is 6.94. The van der Waals surface area contributed by atoms with Crippen LogP contribution < -0.4 is 10.6 Å². The van der Waals surface area contributed by atoms with Crippen LogP contribution in [-0.2, 0) is 19.1 Å². The van der Waals surface area contributed by atoms with Crippen molar-refractivity contribution in [1.82, 2.24) is 0 Å². The number of benzene rings is 1. The standard InChI is InChI=1S/C15H20N2O4/c1-3-13(18)16-11-5-7-12(8-6-11)17-14(19)9-10-15(20)21-4-2/h5-8H,3-4,9-10H2,1-2H3,(H,16,18)(H,17,19). The zero-order valence-corrected chi connectivity index (χ0v) is 12.3. The number of hydrogen-bond acceptors (Lipinski definition) is 4. The maximum Gasteiger partial charge on any atom is 0.306 e. The fraction of sp³-hybridized carbons (Fsp3) is 0.400. The number of ether oxygens (including phenoxy) is 1. The Morgan fingerprint density at radius 2 is 1.43 bits per heavy atom. The third-order valence-electron chi connectivity index (χ3n) is 2.64. The molecule has 0 aliphatic heterocycles. The highest BCUT2D eigenvalue weighted by Crippen LogP contribution is 2.14. The smallest absolute Gasteiger partial charge is 0.306 e. The summed E-state index contributed by atoms with van der Waals surface area (Å²) in [6.07, 6.45) is 0.545. The molecule has 0 spiro atoms. The van der Waals surface area contributed by atoms with E-state index in [9.17, 15) is 14.4 Å². The van der Waals surface area contributed by atoms with Crippen molar-refractivity contribution in [3.05, 3.63) is 24.3 Å². The minimum Gasteiger partial charge on any atom is -0.466 e. The molecule has 0 aromatic heterocycles. The van der Waals surface area contributed by atoms with Crippen LogP contribution in [0.3, 0.4) is 0 Å². The maximum absolute atomic E-state index is 11.6. The van der Waals surface area contributed by atoms with Gasteiger partial charge in [0, 0.05) is 24.2 Å². The van der Waals surface area contributed by atoms with Crippen LogP contribution in [0.1, 0.15) is 33.1 Å². The van der Waals surface area contributed by atoms with E-state index in [1.807, 2.05) is 0 Å². The van der Waals surface area contributed by atoms with E-state index in [4.69, 9.17) is 4.74 Å². The Hall–Kier alpha value is -2.37. The van der Waals surface area contributed by atoms with E-state index < -0.39 is 0 Å². The summed E-state index contributed by atoms with van der Waals surface area (Å²) in [4.78, 5) is 34.0. The van der Waals surface area contributed by atoms with Crippen molar-refractivity contribution in [1.29, 1.82) is 0 Å². The van der Waals surface area contributed by atoms with E-state index in [0.29, 0.717) is 24.4 Å². The van der Waals surface area contributed by atoms with Gasteiger partial charge in [-0.1, -0.05) is 6.92 Å². The Bertz CT molecular complexity index is 497. The Labute approximate surface area is 123 Å². The van der Waals surface area contributed by atoms with Gasteiger partial charge in [0.1, 0.15) is 0 Å². The maximum atomic E-state index is 11.6. The van der Waals surface area contributed by atoms with Crippen LogP contribution >= 0.6 is 0 Å². The molecule has 0 atom stereocenters. The molecular weight excluding hydrogens is 272 g/mol. The third-order valence-corrected chi connectivity index (χ3v) is 2.64. The molecule has 1 rings (SSSR count). The normalized spacial score (nSPS) is 9.81. The molecule has 0 saturated heterocycles. The average molecular weight is 292 g/mol. The number of esters is 1. The van der Waals surface area contributed by atoms with Crippen LogP contribution in [0.15, 0.2) is 24.3 Å². The second-order valence-corrected chi connectivity index (χ2v) is 4.33. The van der Waals surface area contributed by atoms with Crippen LogP contribution in [0.4, 0.5) is 11.4 Å². The van der Waals surface area contributed by atoms with Gasteiger partial charge in [0.25, 0.3) is 0 Å². The van der Waals surface area contributed by atoms with E-state index >= 15 is 0 Å². The van der Waals surface area contributed by atoms with Gasteiger partial charge < -0.3 is 15.4 Å². The number of carbonyl (C=O) groups is 3. The highest BCUT2D eigenvalue weighted by atomic mass is 16.5. The lowest BCUT2D eigenvalue weighted by Crippen LogP contribution is -2.14. The fourth-order valence-corrected chi connectivity index (χ4v) is 1.56. The van der Waals surface area contributed by atoms with Crippen molar-refractivity contribution in [3.8, 4) is 0 Å². The van der Waals surface area contributed by atoms with Gasteiger partial charge in [-0.25, -0.2) is 0 Å². The monoisotopic (exact) mass is 292 g/mol. The molecule has 0 unspecified atom stereocenters. The van der Waals surface area contributed by atoms with Crippen molar-refractivity contribution in [2.75, 3.05) is 17.2 Å². The van der Waals surface area contributed by atoms with Crippen molar-refractivity contribution >= 4 is 29.2 Å². The number of rotatable bonds is 7. The molecule has 6 heteroatoms. The van der Waals surface area contributed by atoms with E-state index in [0.717, 1.165) is 0 Å². The van der Waals surface area contributed by atoms with Gasteiger partial charge in [-0.3, -0.25) is 14.4 Å². The fourth-order valence-electron chi connectivity index (χ4n) is 1.56. The van der Waals surface area contributed by atoms with Gasteiger partial charge in [-0.2, -0.15) is 0 Å². The van der Waals surface area contributed by atoms with Crippen molar-refractivity contribution in [3.63, 3.8) is 0 Å². The number of nitrogens with one attached hydrogen (secondary N) is 2. The number of carbonyl (C=O) groups excluding carboxylic acids is 3. The third kappa shape index (κ3) is 6.56. The number of anilines is 2. The quantitative estimate of drug-likeness (QED) is 0.755. The van der Waals surface area contributed by atoms with E-state index in [-0.39, 0.29) is 30.6 Å². The first kappa shape index (κ1) is 16.7. The lowest BCUT2D eigenvalue weighted by molar-refractivity contribution is -0.144. The first-order valence-corrected chi connectivity index (χ1v) is 6.90. The van der Waals surface area contributed by atoms with E-state index in [2.05, 4.69) is 10.6 Å². The number of amides is 2. The predicted molar refractivity (Wildman–Crippen MR) is 79.9 cm³/mol. The molecule has 0 heterocycles. The average Bonchev–Trinajstić information content (AvgIpc) is 2.47. The Morgan fingerprint density at radius 3 is 1.90 bits per heavy atom. The highest BCUT2D eigenvalue weighted by molar-refractivity contribution is 5.93. The molecule has 0 radical (unpaired) electrons. The first-order valence-electron chi connectivity index (χ1n) is 6.90. The van der Waals surface area contributed by atoms with Crippen LogP contribution in [-0.4, -0.2) is 24.4 Å². The largest absolute Gasteiger partial charge is 0.466 e. The molecular formula is C15H20N2O4. The molecule has 0 fully saturated rings. The second kappa shape index (κ2) is 8.73. The van der Waals surface area contributed by atoms with Crippen LogP contribution in [0.5, 0.6) is 0 Å². The minimum absolute atomic E-state index is 0.0598. The number of hydrogen-bond donors (Lipinski definition) is 2. The van der Waals surface area contributed by atoms with Crippen molar-refractivity contribution < 1.29 is 19.1 Å². The SMILES string of the molecule is CCOC(=O)CCC(=O)Nc1ccc(NC(=O)CC)cc1. The molecule has 2 amide bonds. The van der Waals surface area contributed by atoms with Crippen LogP contribution in [0.2, 0.25) is 0 Å². The molecule has 1 aromatic rings. The van der Waals surface area contributed by atoms with Gasteiger partial charge in [-0.15, -0.1) is 0 Å². The minimum atomic E-state index is -0.384. The summed E-state index contributed by atoms with van der Waals surface area (Å²) in [6, 6.07) is 6.78. The molecule has 1 aromatic carbocycles. The Morgan fingerprint density at radius 1 is 0.905 bits per heavy atom. The molecule has 0 saturated carbocycles. The summed E-state index contributed by atoms with van der Waals surface area (Å²) >= 11 is 0. The van der Waals surface area contributed by atoms with Gasteiger partial charge in [-0.05, 0) is 31.2 Å². The summed E-state index contributed by atoms with van der Waals surface area (Å²) in [5.41, 5.74) is 1.28. The zero-order valence-electron chi connectivity index (χ0n) is 12.3. The Balaban J connectivity index is 2.42. The molecule has 2 N–H and O–H groups in total. The molecule has 114 valence electrons. The lowest BCUT2D eigenvalue weighted by Gasteiger charge is -2.07. The summed E-state index contributed by atoms with van der Waals surface area (Å²) in [6.45, 7) is 3.80. The van der Waals surface area contributed by atoms with Gasteiger partial charge in [0.05, 0.1) is 13.0 Å². The topological polar surface area (TPSA) is 84.5 Å². The van der Waals surface area contributed by atoms with Crippen LogP contribution in [0.25, 0.3) is 0 Å². The first-order chi connectivity index (χ1) is 10.0. The molecule has 0 aliphatic rings. The van der Waals surface area contributed by atoms with Crippen molar-refractivity contribution in [2.24, 2.45) is 0 Å². The molecule has 21 heavy (non-hydrogen) atoms. The lowest BCUT2D eigenvalue weighted by atomic mass is 10.2. The summed E-state index contributed by atoms with van der Waals surface area (Å²) < 4.78 is 4.75. The molecule has 0 bridgehead atoms. The second-order valence-electron chi connectivity index (χ2n) is 4.33. The molecule has 0 aliphatic carbocycles. The predicted octanol–water partition coefficient (Wildman–Crippen LogP) is 2.32. The van der Waals surface area contributed by atoms with Gasteiger partial charge in [0.2, 0.25) is 11.8 Å². The zero-order chi connectivity index (χ0) is 15.7. The van der Waals surface area contributed by atoms with Crippen LogP contribution in [0, 0.1) is 0 Å². The molecule has 6 nitrogen and oxygen atoms in total. The summed E-state index contributed by atoms with van der Waals surface area (Å²) in [5, 5.41) is 5.39. The highest BCUT2D eigenvalue weighted by Gasteiger charge is 2.08. The van der Waals surface area contributed by atoms with E-state index in [1.54, 1.807) is 38.1 Å². The summed E-state index contributed by atoms with van der Waals surface area (Å²) in [5.74, 6) is -0.708. The van der Waals surface area contributed by atoms with Gasteiger partial charge >= 0.3 is 5.97 Å². The van der Waals surface area contributed by atoms with Gasteiger partial charge in [0.15, 0.2) is 0 Å². The van der Waals surface area contributed by atoms with E-state index in [1.165, 1.54) is 0 Å².